The fourth-order valence-corrected chi connectivity index (χ4v) is 1.62. The van der Waals surface area contributed by atoms with Gasteiger partial charge in [-0.2, -0.15) is 0 Å². The monoisotopic (exact) mass is 249 g/mol. The summed E-state index contributed by atoms with van der Waals surface area (Å²) < 4.78 is 10.9. The number of nitrogens with one attached hydrogen (secondary N) is 1. The highest BCUT2D eigenvalue weighted by molar-refractivity contribution is 5.27. The Morgan fingerprint density at radius 1 is 1.33 bits per heavy atom. The minimum atomic E-state index is 0.255. The van der Waals surface area contributed by atoms with Gasteiger partial charge in [0.25, 0.3) is 0 Å². The summed E-state index contributed by atoms with van der Waals surface area (Å²) in [5.41, 5.74) is 1.24. The molecule has 1 N–H and O–H groups in total. The summed E-state index contributed by atoms with van der Waals surface area (Å²) in [7, 11) is 0. The average Bonchev–Trinajstić information content (AvgIpc) is 2.38. The Morgan fingerprint density at radius 2 is 2.06 bits per heavy atom. The van der Waals surface area contributed by atoms with Crippen molar-refractivity contribution in [1.82, 2.24) is 5.32 Å². The van der Waals surface area contributed by atoms with Crippen LogP contribution >= 0.6 is 0 Å². The van der Waals surface area contributed by atoms with Gasteiger partial charge in [0.15, 0.2) is 0 Å². The molecule has 0 fully saturated rings. The second kappa shape index (κ2) is 8.72. The van der Waals surface area contributed by atoms with Gasteiger partial charge in [-0.15, -0.1) is 0 Å². The van der Waals surface area contributed by atoms with E-state index in [1.54, 1.807) is 6.08 Å². The lowest BCUT2D eigenvalue weighted by Gasteiger charge is -2.12. The van der Waals surface area contributed by atoms with Gasteiger partial charge in [-0.25, -0.2) is 0 Å². The first-order valence-electron chi connectivity index (χ1n) is 6.41. The van der Waals surface area contributed by atoms with Crippen LogP contribution in [0, 0.1) is 0 Å². The maximum Gasteiger partial charge on any atom is 0.119 e. The Morgan fingerprint density at radius 3 is 2.67 bits per heavy atom. The molecule has 0 aromatic heterocycles. The Bertz CT molecular complexity index is 335. The van der Waals surface area contributed by atoms with E-state index in [4.69, 9.17) is 9.47 Å². The highest BCUT2D eigenvalue weighted by Crippen LogP contribution is 2.11. The predicted molar refractivity (Wildman–Crippen MR) is 74.9 cm³/mol. The summed E-state index contributed by atoms with van der Waals surface area (Å²) in [6.07, 6.45) is 2.00. The van der Waals surface area contributed by atoms with Crippen molar-refractivity contribution in [3.8, 4) is 5.75 Å². The van der Waals surface area contributed by atoms with Crippen LogP contribution in [0.1, 0.15) is 19.4 Å². The first kappa shape index (κ1) is 14.7. The molecule has 1 aromatic carbocycles. The van der Waals surface area contributed by atoms with Gasteiger partial charge in [-0.1, -0.05) is 24.8 Å². The zero-order chi connectivity index (χ0) is 13.2. The van der Waals surface area contributed by atoms with Crippen LogP contribution < -0.4 is 10.1 Å². The van der Waals surface area contributed by atoms with Gasteiger partial charge < -0.3 is 14.8 Å². The van der Waals surface area contributed by atoms with Gasteiger partial charge in [-0.05, 0) is 31.5 Å². The lowest BCUT2D eigenvalue weighted by atomic mass is 10.2. The minimum absolute atomic E-state index is 0.255. The molecule has 0 aliphatic heterocycles. The second-order valence-corrected chi connectivity index (χ2v) is 4.14. The SMILES string of the molecule is C=CCOc1ccc(CNCC(C)OCC)cc1. The number of benzene rings is 1. The highest BCUT2D eigenvalue weighted by Gasteiger charge is 2.00. The molecule has 0 saturated heterocycles. The Labute approximate surface area is 110 Å². The van der Waals surface area contributed by atoms with Crippen LogP contribution in [0.15, 0.2) is 36.9 Å². The molecule has 18 heavy (non-hydrogen) atoms. The van der Waals surface area contributed by atoms with E-state index in [9.17, 15) is 0 Å². The smallest absolute Gasteiger partial charge is 0.119 e. The van der Waals surface area contributed by atoms with E-state index < -0.39 is 0 Å². The quantitative estimate of drug-likeness (QED) is 0.683. The lowest BCUT2D eigenvalue weighted by Crippen LogP contribution is -2.26. The largest absolute Gasteiger partial charge is 0.490 e. The third-order valence-electron chi connectivity index (χ3n) is 2.50. The van der Waals surface area contributed by atoms with Crippen LogP contribution in [0.4, 0.5) is 0 Å². The Hall–Kier alpha value is -1.32. The van der Waals surface area contributed by atoms with E-state index in [2.05, 4.69) is 31.0 Å². The Kier molecular flexibility index (Phi) is 7.14. The fourth-order valence-electron chi connectivity index (χ4n) is 1.62. The summed E-state index contributed by atoms with van der Waals surface area (Å²) in [5, 5.41) is 3.37. The van der Waals surface area contributed by atoms with E-state index >= 15 is 0 Å². The Balaban J connectivity index is 2.28. The van der Waals surface area contributed by atoms with Gasteiger partial charge >= 0.3 is 0 Å². The standard InChI is InChI=1S/C15H23NO2/c1-4-10-18-15-8-6-14(7-9-15)12-16-11-13(3)17-5-2/h4,6-9,13,16H,1,5,10-12H2,2-3H3. The minimum Gasteiger partial charge on any atom is -0.490 e. The maximum absolute atomic E-state index is 5.45. The molecule has 0 heterocycles. The summed E-state index contributed by atoms with van der Waals surface area (Å²) in [6.45, 7) is 10.7. The van der Waals surface area contributed by atoms with Crippen LogP contribution in [0.2, 0.25) is 0 Å². The molecule has 0 radical (unpaired) electrons. The predicted octanol–water partition coefficient (Wildman–Crippen LogP) is 2.77. The normalized spacial score (nSPS) is 12.1. The molecule has 0 spiro atoms. The first-order chi connectivity index (χ1) is 8.76. The molecule has 1 unspecified atom stereocenters. The van der Waals surface area contributed by atoms with Crippen LogP contribution in [-0.4, -0.2) is 25.9 Å². The van der Waals surface area contributed by atoms with Crippen LogP contribution in [-0.2, 0) is 11.3 Å². The summed E-state index contributed by atoms with van der Waals surface area (Å²) >= 11 is 0. The summed E-state index contributed by atoms with van der Waals surface area (Å²) in [4.78, 5) is 0. The number of hydrogen-bond acceptors (Lipinski definition) is 3. The van der Waals surface area contributed by atoms with Crippen molar-refractivity contribution in [3.05, 3.63) is 42.5 Å². The van der Waals surface area contributed by atoms with Gasteiger partial charge in [0.2, 0.25) is 0 Å². The third-order valence-corrected chi connectivity index (χ3v) is 2.50. The molecule has 0 bridgehead atoms. The molecule has 3 heteroatoms. The fraction of sp³-hybridized carbons (Fsp3) is 0.467. The van der Waals surface area contributed by atoms with Gasteiger partial charge in [0.1, 0.15) is 12.4 Å². The van der Waals surface area contributed by atoms with E-state index in [-0.39, 0.29) is 6.10 Å². The van der Waals surface area contributed by atoms with E-state index in [0.717, 1.165) is 25.4 Å². The van der Waals surface area contributed by atoms with Crippen molar-refractivity contribution < 1.29 is 9.47 Å². The average molecular weight is 249 g/mol. The molecular weight excluding hydrogens is 226 g/mol. The van der Waals surface area contributed by atoms with Crippen LogP contribution in [0.3, 0.4) is 0 Å². The number of ether oxygens (including phenoxy) is 2. The van der Waals surface area contributed by atoms with Crippen molar-refractivity contribution in [2.45, 2.75) is 26.5 Å². The number of hydrogen-bond donors (Lipinski definition) is 1. The molecule has 1 rings (SSSR count). The number of rotatable bonds is 9. The van der Waals surface area contributed by atoms with E-state index in [1.165, 1.54) is 5.56 Å². The zero-order valence-electron chi connectivity index (χ0n) is 11.3. The van der Waals surface area contributed by atoms with Crippen molar-refractivity contribution >= 4 is 0 Å². The van der Waals surface area contributed by atoms with Crippen molar-refractivity contribution in [1.29, 1.82) is 0 Å². The topological polar surface area (TPSA) is 30.5 Å². The molecule has 3 nitrogen and oxygen atoms in total. The summed E-state index contributed by atoms with van der Waals surface area (Å²) in [5.74, 6) is 0.876. The molecule has 0 amide bonds. The second-order valence-electron chi connectivity index (χ2n) is 4.14. The van der Waals surface area contributed by atoms with Crippen molar-refractivity contribution in [2.24, 2.45) is 0 Å². The van der Waals surface area contributed by atoms with Gasteiger partial charge in [0.05, 0.1) is 6.10 Å². The van der Waals surface area contributed by atoms with Crippen molar-refractivity contribution in [2.75, 3.05) is 19.8 Å². The van der Waals surface area contributed by atoms with Crippen molar-refractivity contribution in [3.63, 3.8) is 0 Å². The maximum atomic E-state index is 5.45. The molecule has 1 atom stereocenters. The lowest BCUT2D eigenvalue weighted by molar-refractivity contribution is 0.0759. The molecule has 100 valence electrons. The molecular formula is C15H23NO2. The van der Waals surface area contributed by atoms with Crippen LogP contribution in [0.25, 0.3) is 0 Å². The molecule has 0 aliphatic rings. The molecule has 1 aromatic rings. The van der Waals surface area contributed by atoms with Gasteiger partial charge in [0, 0.05) is 19.7 Å². The summed E-state index contributed by atoms with van der Waals surface area (Å²) in [6, 6.07) is 8.09. The van der Waals surface area contributed by atoms with E-state index in [1.807, 2.05) is 19.1 Å². The van der Waals surface area contributed by atoms with E-state index in [0.29, 0.717) is 6.61 Å². The molecule has 0 aliphatic carbocycles. The highest BCUT2D eigenvalue weighted by atomic mass is 16.5. The third kappa shape index (κ3) is 5.84. The zero-order valence-corrected chi connectivity index (χ0v) is 11.3. The van der Waals surface area contributed by atoms with Crippen LogP contribution in [0.5, 0.6) is 5.75 Å². The van der Waals surface area contributed by atoms with Gasteiger partial charge in [-0.3, -0.25) is 0 Å². The molecule has 0 saturated carbocycles. The first-order valence-corrected chi connectivity index (χ1v) is 6.41.